The first-order chi connectivity index (χ1) is 22.1. The average Bonchev–Trinajstić information content (AvgIpc) is 3.68. The first-order valence-corrected chi connectivity index (χ1v) is 15.3. The van der Waals surface area contributed by atoms with E-state index in [2.05, 4.69) is 17.0 Å². The van der Waals surface area contributed by atoms with Crippen molar-refractivity contribution >= 4 is 11.9 Å². The molecule has 0 spiro atoms. The Hall–Kier alpha value is -4.47. The number of aliphatic carboxylic acids is 2. The monoisotopic (exact) mass is 630 g/mol. The molecule has 2 saturated heterocycles. The number of likely N-dealkylation sites (tertiary alicyclic amines) is 2. The molecule has 0 amide bonds. The lowest BCUT2D eigenvalue weighted by Gasteiger charge is -2.17. The van der Waals surface area contributed by atoms with E-state index in [0.29, 0.717) is 31.7 Å². The van der Waals surface area contributed by atoms with Crippen LogP contribution in [0, 0.1) is 11.8 Å². The van der Waals surface area contributed by atoms with Crippen LogP contribution in [0.25, 0.3) is 0 Å². The van der Waals surface area contributed by atoms with Gasteiger partial charge in [0.15, 0.2) is 0 Å². The molecule has 6 nitrogen and oxygen atoms in total. The van der Waals surface area contributed by atoms with Gasteiger partial charge in [-0.15, -0.1) is 0 Å². The Morgan fingerprint density at radius 3 is 1.30 bits per heavy atom. The molecule has 0 bridgehead atoms. The van der Waals surface area contributed by atoms with E-state index in [4.69, 9.17) is 0 Å². The van der Waals surface area contributed by atoms with Gasteiger partial charge < -0.3 is 10.2 Å². The lowest BCUT2D eigenvalue weighted by molar-refractivity contribution is -0.142. The second kappa shape index (κ2) is 14.7. The van der Waals surface area contributed by atoms with E-state index >= 15 is 0 Å². The van der Waals surface area contributed by atoms with Crippen LogP contribution in [-0.2, 0) is 28.9 Å². The third-order valence-electron chi connectivity index (χ3n) is 8.82. The minimum absolute atomic E-state index is 0.0763. The summed E-state index contributed by atoms with van der Waals surface area (Å²) < 4.78 is 38.1. The highest BCUT2D eigenvalue weighted by atomic mass is 19.4. The van der Waals surface area contributed by atoms with Crippen molar-refractivity contribution in [1.82, 2.24) is 9.80 Å². The van der Waals surface area contributed by atoms with Crippen molar-refractivity contribution < 1.29 is 33.0 Å². The van der Waals surface area contributed by atoms with Crippen molar-refractivity contribution in [2.75, 3.05) is 26.2 Å². The Morgan fingerprint density at radius 2 is 0.935 bits per heavy atom. The highest BCUT2D eigenvalue weighted by Crippen LogP contribution is 2.36. The van der Waals surface area contributed by atoms with E-state index in [1.165, 1.54) is 17.7 Å². The van der Waals surface area contributed by atoms with E-state index < -0.39 is 29.6 Å². The van der Waals surface area contributed by atoms with E-state index in [1.54, 1.807) is 0 Å². The summed E-state index contributed by atoms with van der Waals surface area (Å²) >= 11 is 0. The largest absolute Gasteiger partial charge is 0.481 e. The molecule has 4 aromatic carbocycles. The maximum Gasteiger partial charge on any atom is 0.416 e. The topological polar surface area (TPSA) is 81.1 Å². The number of carboxylic acids is 2. The molecule has 0 radical (unpaired) electrons. The second-order valence-corrected chi connectivity index (χ2v) is 12.0. The first-order valence-electron chi connectivity index (χ1n) is 15.3. The molecule has 2 fully saturated rings. The molecule has 4 aromatic rings. The minimum Gasteiger partial charge on any atom is -0.481 e. The molecule has 4 atom stereocenters. The van der Waals surface area contributed by atoms with Gasteiger partial charge in [0.25, 0.3) is 0 Å². The van der Waals surface area contributed by atoms with Crippen LogP contribution in [0.2, 0.25) is 0 Å². The zero-order chi connectivity index (χ0) is 32.7. The quantitative estimate of drug-likeness (QED) is 0.219. The zero-order valence-corrected chi connectivity index (χ0v) is 25.3. The summed E-state index contributed by atoms with van der Waals surface area (Å²) in [5, 5.41) is 19.0. The Bertz CT molecular complexity index is 1570. The number of rotatable bonds is 8. The predicted octanol–water partition coefficient (Wildman–Crippen LogP) is 6.99. The zero-order valence-electron chi connectivity index (χ0n) is 25.3. The van der Waals surface area contributed by atoms with Gasteiger partial charge >= 0.3 is 18.1 Å². The van der Waals surface area contributed by atoms with E-state index in [1.807, 2.05) is 83.8 Å². The molecule has 9 heteroatoms. The average molecular weight is 631 g/mol. The van der Waals surface area contributed by atoms with Gasteiger partial charge in [0.2, 0.25) is 0 Å². The lowest BCUT2D eigenvalue weighted by atomic mass is 9.88. The van der Waals surface area contributed by atoms with Crippen LogP contribution >= 0.6 is 0 Å². The van der Waals surface area contributed by atoms with Crippen molar-refractivity contribution in [2.24, 2.45) is 11.8 Å². The number of hydrogen-bond donors (Lipinski definition) is 2. The molecule has 46 heavy (non-hydrogen) atoms. The van der Waals surface area contributed by atoms with Crippen molar-refractivity contribution in [2.45, 2.75) is 31.1 Å². The van der Waals surface area contributed by atoms with Crippen LogP contribution in [0.15, 0.2) is 115 Å². The summed E-state index contributed by atoms with van der Waals surface area (Å²) in [6.07, 6.45) is -4.39. The number of halogens is 3. The fourth-order valence-electron chi connectivity index (χ4n) is 6.51. The maximum absolute atomic E-state index is 12.7. The maximum atomic E-state index is 12.7. The molecule has 2 heterocycles. The molecule has 2 aliphatic heterocycles. The Labute approximate surface area is 266 Å². The number of carboxylic acid groups (broad SMARTS) is 2. The van der Waals surface area contributed by atoms with Crippen molar-refractivity contribution in [3.8, 4) is 0 Å². The highest BCUT2D eigenvalue weighted by Gasteiger charge is 2.40. The van der Waals surface area contributed by atoms with Crippen LogP contribution in [0.1, 0.15) is 39.7 Å². The van der Waals surface area contributed by atoms with E-state index in [-0.39, 0.29) is 17.8 Å². The van der Waals surface area contributed by atoms with Gasteiger partial charge in [-0.3, -0.25) is 19.4 Å². The Morgan fingerprint density at radius 1 is 0.565 bits per heavy atom. The number of nitrogens with zero attached hydrogens (tertiary/aromatic N) is 2. The molecule has 0 unspecified atom stereocenters. The molecule has 0 aromatic heterocycles. The summed E-state index contributed by atoms with van der Waals surface area (Å²) in [7, 11) is 0. The first kappa shape index (κ1) is 32.9. The van der Waals surface area contributed by atoms with Crippen LogP contribution in [0.4, 0.5) is 13.2 Å². The standard InChI is InChI=1S/C19H18F3NO2.C18H19NO2/c20-19(21,22)15-8-6-14(7-9-15)16-11-23(12-17(16)18(24)25)10-13-4-2-1-3-5-13;20-18(21)17-13-19(11-14-7-3-1-4-8-14)12-16(17)15-9-5-2-6-10-15/h1-9,16-17H,10-12H2,(H,24,25);1-10,16-17H,11-13H2,(H,20,21)/t2*16-,17+/m01/s1. The predicted molar refractivity (Wildman–Crippen MR) is 169 cm³/mol. The molecular weight excluding hydrogens is 593 g/mol. The highest BCUT2D eigenvalue weighted by molar-refractivity contribution is 5.73. The van der Waals surface area contributed by atoms with Crippen LogP contribution in [0.3, 0.4) is 0 Å². The van der Waals surface area contributed by atoms with E-state index in [0.717, 1.165) is 36.3 Å². The summed E-state index contributed by atoms with van der Waals surface area (Å²) in [5.41, 5.74) is 3.36. The molecule has 0 aliphatic carbocycles. The normalized spacial score (nSPS) is 21.8. The van der Waals surface area contributed by atoms with Gasteiger partial charge in [-0.2, -0.15) is 13.2 Å². The van der Waals surface area contributed by atoms with Gasteiger partial charge in [0.05, 0.1) is 17.4 Å². The molecular formula is C37H37F3N2O4. The fourth-order valence-corrected chi connectivity index (χ4v) is 6.51. The Kier molecular flexibility index (Phi) is 10.6. The molecule has 0 saturated carbocycles. The van der Waals surface area contributed by atoms with Crippen molar-refractivity contribution in [3.05, 3.63) is 143 Å². The van der Waals surface area contributed by atoms with Crippen LogP contribution in [0.5, 0.6) is 0 Å². The lowest BCUT2D eigenvalue weighted by Crippen LogP contribution is -2.23. The number of carbonyl (C=O) groups is 2. The molecule has 2 N–H and O–H groups in total. The summed E-state index contributed by atoms with van der Waals surface area (Å²) in [5.74, 6) is -2.80. The smallest absolute Gasteiger partial charge is 0.416 e. The summed E-state index contributed by atoms with van der Waals surface area (Å²) in [6.45, 7) is 3.75. The molecule has 2 aliphatic rings. The SMILES string of the molecule is O=C(O)[C@@H]1CN(Cc2ccccc2)C[C@H]1c1ccc(C(F)(F)F)cc1.O=C(O)[C@H]1CN(Cc2ccccc2)C[C@@H]1c1ccccc1. The fraction of sp³-hybridized carbons (Fsp3) is 0.297. The van der Waals surface area contributed by atoms with Gasteiger partial charge in [0.1, 0.15) is 0 Å². The number of hydrogen-bond acceptors (Lipinski definition) is 4. The van der Waals surface area contributed by atoms with Gasteiger partial charge in [-0.25, -0.2) is 0 Å². The van der Waals surface area contributed by atoms with Gasteiger partial charge in [-0.1, -0.05) is 103 Å². The van der Waals surface area contributed by atoms with Gasteiger partial charge in [-0.05, 0) is 34.4 Å². The molecule has 240 valence electrons. The van der Waals surface area contributed by atoms with Crippen molar-refractivity contribution in [1.29, 1.82) is 0 Å². The molecule has 6 rings (SSSR count). The van der Waals surface area contributed by atoms with Crippen LogP contribution < -0.4 is 0 Å². The third kappa shape index (κ3) is 8.41. The third-order valence-corrected chi connectivity index (χ3v) is 8.82. The second-order valence-electron chi connectivity index (χ2n) is 12.0. The van der Waals surface area contributed by atoms with E-state index in [9.17, 15) is 33.0 Å². The van der Waals surface area contributed by atoms with Crippen LogP contribution in [-0.4, -0.2) is 58.1 Å². The van der Waals surface area contributed by atoms with Crippen molar-refractivity contribution in [3.63, 3.8) is 0 Å². The summed E-state index contributed by atoms with van der Waals surface area (Å²) in [4.78, 5) is 27.4. The Balaban J connectivity index is 0.000000184. The summed E-state index contributed by atoms with van der Waals surface area (Å²) in [6, 6.07) is 34.8. The van der Waals surface area contributed by atoms with Gasteiger partial charge in [0, 0.05) is 51.1 Å². The number of alkyl halides is 3. The minimum atomic E-state index is -4.39. The number of benzene rings is 4.